The highest BCUT2D eigenvalue weighted by atomic mass is 35.5. The number of ether oxygens (including phenoxy) is 1. The van der Waals surface area contributed by atoms with Crippen LogP contribution in [0.15, 0.2) is 42.5 Å². The molecule has 0 spiro atoms. The van der Waals surface area contributed by atoms with Gasteiger partial charge in [0.2, 0.25) is 0 Å². The Hall–Kier alpha value is -2.51. The zero-order valence-electron chi connectivity index (χ0n) is 12.1. The Kier molecular flexibility index (Phi) is 5.40. The molecular weight excluding hydrogens is 300 g/mol. The van der Waals surface area contributed by atoms with Crippen molar-refractivity contribution in [3.8, 4) is 11.8 Å². The first-order chi connectivity index (χ1) is 10.6. The van der Waals surface area contributed by atoms with Gasteiger partial charge in [-0.05, 0) is 42.3 Å². The summed E-state index contributed by atoms with van der Waals surface area (Å²) >= 11 is 5.91. The van der Waals surface area contributed by atoms with Crippen molar-refractivity contribution in [2.45, 2.75) is 13.3 Å². The lowest BCUT2D eigenvalue weighted by atomic mass is 10.2. The van der Waals surface area contributed by atoms with Gasteiger partial charge in [0.1, 0.15) is 11.8 Å². The Morgan fingerprint density at radius 3 is 2.59 bits per heavy atom. The number of nitrogens with one attached hydrogen (secondary N) is 1. The smallest absolute Gasteiger partial charge is 0.262 e. The average Bonchev–Trinajstić information content (AvgIpc) is 2.53. The van der Waals surface area contributed by atoms with E-state index in [1.54, 1.807) is 12.1 Å². The maximum Gasteiger partial charge on any atom is 0.262 e. The predicted molar refractivity (Wildman–Crippen MR) is 86.1 cm³/mol. The Morgan fingerprint density at radius 2 is 2.00 bits per heavy atom. The minimum atomic E-state index is -0.291. The van der Waals surface area contributed by atoms with Gasteiger partial charge in [-0.3, -0.25) is 4.79 Å². The second-order valence-electron chi connectivity index (χ2n) is 4.64. The minimum absolute atomic E-state index is 0.0942. The summed E-state index contributed by atoms with van der Waals surface area (Å²) in [7, 11) is 0. The molecule has 0 radical (unpaired) electrons. The first kappa shape index (κ1) is 15.9. The van der Waals surface area contributed by atoms with E-state index < -0.39 is 0 Å². The lowest BCUT2D eigenvalue weighted by Gasteiger charge is -2.08. The van der Waals surface area contributed by atoms with Gasteiger partial charge in [0.15, 0.2) is 6.61 Å². The largest absolute Gasteiger partial charge is 0.484 e. The third-order valence-electron chi connectivity index (χ3n) is 3.07. The van der Waals surface area contributed by atoms with E-state index >= 15 is 0 Å². The monoisotopic (exact) mass is 314 g/mol. The Balaban J connectivity index is 1.90. The predicted octanol–water partition coefficient (Wildman–Crippen LogP) is 3.79. The number of aryl methyl sites for hydroxylation is 1. The maximum atomic E-state index is 11.8. The molecule has 22 heavy (non-hydrogen) atoms. The molecule has 1 N–H and O–H groups in total. The molecule has 2 aromatic rings. The molecule has 2 rings (SSSR count). The number of hydrogen-bond acceptors (Lipinski definition) is 3. The number of amides is 1. The van der Waals surface area contributed by atoms with Crippen LogP contribution < -0.4 is 10.1 Å². The summed E-state index contributed by atoms with van der Waals surface area (Å²) in [5.74, 6) is 0.352. The summed E-state index contributed by atoms with van der Waals surface area (Å²) in [6.07, 6.45) is 0.959. The Bertz CT molecular complexity index is 706. The second-order valence-corrected chi connectivity index (χ2v) is 5.05. The molecule has 0 bridgehead atoms. The number of nitriles is 1. The summed E-state index contributed by atoms with van der Waals surface area (Å²) in [6.45, 7) is 1.98. The summed E-state index contributed by atoms with van der Waals surface area (Å²) < 4.78 is 5.42. The van der Waals surface area contributed by atoms with Crippen molar-refractivity contribution in [2.24, 2.45) is 0 Å². The molecule has 5 heteroatoms. The van der Waals surface area contributed by atoms with Crippen LogP contribution in [0, 0.1) is 11.3 Å². The third kappa shape index (κ3) is 4.24. The van der Waals surface area contributed by atoms with Crippen LogP contribution >= 0.6 is 11.6 Å². The van der Waals surface area contributed by atoms with Crippen molar-refractivity contribution < 1.29 is 9.53 Å². The van der Waals surface area contributed by atoms with Gasteiger partial charge < -0.3 is 10.1 Å². The van der Waals surface area contributed by atoms with Crippen LogP contribution in [0.2, 0.25) is 5.02 Å². The number of benzene rings is 2. The lowest BCUT2D eigenvalue weighted by molar-refractivity contribution is -0.118. The van der Waals surface area contributed by atoms with Crippen molar-refractivity contribution in [3.05, 3.63) is 58.6 Å². The zero-order chi connectivity index (χ0) is 15.9. The van der Waals surface area contributed by atoms with Crippen LogP contribution in [0.1, 0.15) is 18.1 Å². The van der Waals surface area contributed by atoms with Crippen molar-refractivity contribution in [1.29, 1.82) is 5.26 Å². The van der Waals surface area contributed by atoms with E-state index in [1.807, 2.05) is 30.3 Å². The van der Waals surface area contributed by atoms with E-state index in [-0.39, 0.29) is 12.5 Å². The van der Waals surface area contributed by atoms with Crippen LogP contribution in [0.4, 0.5) is 5.69 Å². The molecule has 0 heterocycles. The molecule has 1 amide bonds. The van der Waals surface area contributed by atoms with Crippen LogP contribution in [0.3, 0.4) is 0 Å². The van der Waals surface area contributed by atoms with Crippen molar-refractivity contribution in [2.75, 3.05) is 11.9 Å². The second kappa shape index (κ2) is 7.48. The molecule has 0 aliphatic rings. The van der Waals surface area contributed by atoms with E-state index in [1.165, 1.54) is 11.6 Å². The number of rotatable bonds is 5. The normalized spacial score (nSPS) is 9.86. The lowest BCUT2D eigenvalue weighted by Crippen LogP contribution is -2.20. The van der Waals surface area contributed by atoms with Crippen LogP contribution in [0.5, 0.6) is 5.75 Å². The fourth-order valence-corrected chi connectivity index (χ4v) is 2.07. The number of anilines is 1. The van der Waals surface area contributed by atoms with Crippen molar-refractivity contribution >= 4 is 23.2 Å². The first-order valence-electron chi connectivity index (χ1n) is 6.83. The maximum absolute atomic E-state index is 11.8. The number of carbonyl (C=O) groups is 1. The average molecular weight is 315 g/mol. The Morgan fingerprint density at radius 1 is 1.27 bits per heavy atom. The van der Waals surface area contributed by atoms with E-state index in [9.17, 15) is 4.79 Å². The fourth-order valence-electron chi connectivity index (χ4n) is 1.85. The van der Waals surface area contributed by atoms with Gasteiger partial charge in [-0.25, -0.2) is 0 Å². The molecule has 0 aliphatic heterocycles. The standard InChI is InChI=1S/C17H15ClN2O2/c1-2-12-3-7-15(8-4-12)22-11-17(21)20-14-6-5-13(10-19)16(18)9-14/h3-9H,2,11H2,1H3,(H,20,21). The molecule has 0 aliphatic carbocycles. The molecule has 4 nitrogen and oxygen atoms in total. The topological polar surface area (TPSA) is 62.1 Å². The number of nitrogens with zero attached hydrogens (tertiary/aromatic N) is 1. The first-order valence-corrected chi connectivity index (χ1v) is 7.21. The zero-order valence-corrected chi connectivity index (χ0v) is 12.9. The molecule has 0 fully saturated rings. The molecule has 0 saturated heterocycles. The molecule has 0 atom stereocenters. The van der Waals surface area contributed by atoms with Gasteiger partial charge in [0.05, 0.1) is 10.6 Å². The molecule has 0 aromatic heterocycles. The quantitative estimate of drug-likeness (QED) is 0.913. The van der Waals surface area contributed by atoms with Crippen LogP contribution in [0.25, 0.3) is 0 Å². The van der Waals surface area contributed by atoms with Crippen LogP contribution in [-0.4, -0.2) is 12.5 Å². The SMILES string of the molecule is CCc1ccc(OCC(=O)Nc2ccc(C#N)c(Cl)c2)cc1. The number of hydrogen-bond donors (Lipinski definition) is 1. The van der Waals surface area contributed by atoms with Gasteiger partial charge in [-0.2, -0.15) is 5.26 Å². The molecular formula is C17H15ClN2O2. The molecule has 0 unspecified atom stereocenters. The van der Waals surface area contributed by atoms with E-state index in [2.05, 4.69) is 12.2 Å². The number of halogens is 1. The third-order valence-corrected chi connectivity index (χ3v) is 3.39. The highest BCUT2D eigenvalue weighted by Gasteiger charge is 2.06. The van der Waals surface area contributed by atoms with Crippen molar-refractivity contribution in [1.82, 2.24) is 0 Å². The molecule has 0 saturated carbocycles. The van der Waals surface area contributed by atoms with Gasteiger partial charge in [-0.15, -0.1) is 0 Å². The summed E-state index contributed by atoms with van der Waals surface area (Å²) in [6, 6.07) is 14.3. The summed E-state index contributed by atoms with van der Waals surface area (Å²) in [5.41, 5.74) is 2.11. The van der Waals surface area contributed by atoms with Crippen molar-refractivity contribution in [3.63, 3.8) is 0 Å². The van der Waals surface area contributed by atoms with Crippen LogP contribution in [-0.2, 0) is 11.2 Å². The number of carbonyl (C=O) groups excluding carboxylic acids is 1. The van der Waals surface area contributed by atoms with E-state index in [0.29, 0.717) is 22.0 Å². The van der Waals surface area contributed by atoms with E-state index in [0.717, 1.165) is 6.42 Å². The Labute approximate surface area is 134 Å². The van der Waals surface area contributed by atoms with Gasteiger partial charge in [-0.1, -0.05) is 30.7 Å². The highest BCUT2D eigenvalue weighted by Crippen LogP contribution is 2.20. The highest BCUT2D eigenvalue weighted by molar-refractivity contribution is 6.32. The minimum Gasteiger partial charge on any atom is -0.484 e. The fraction of sp³-hybridized carbons (Fsp3) is 0.176. The summed E-state index contributed by atoms with van der Waals surface area (Å²) in [5, 5.41) is 11.8. The molecule has 2 aromatic carbocycles. The molecule has 112 valence electrons. The van der Waals surface area contributed by atoms with Gasteiger partial charge >= 0.3 is 0 Å². The summed E-state index contributed by atoms with van der Waals surface area (Å²) in [4.78, 5) is 11.8. The van der Waals surface area contributed by atoms with E-state index in [4.69, 9.17) is 21.6 Å². The van der Waals surface area contributed by atoms with Gasteiger partial charge in [0, 0.05) is 5.69 Å². The van der Waals surface area contributed by atoms with Gasteiger partial charge in [0.25, 0.3) is 5.91 Å².